The summed E-state index contributed by atoms with van der Waals surface area (Å²) in [5, 5.41) is 28.1. The maximum atomic E-state index is 9.33. The third-order valence-electron chi connectivity index (χ3n) is 2.38. The van der Waals surface area contributed by atoms with Gasteiger partial charge in [-0.2, -0.15) is 0 Å². The molecule has 4 heteroatoms. The van der Waals surface area contributed by atoms with Gasteiger partial charge in [0.05, 0.1) is 12.7 Å². The molecule has 0 aliphatic rings. The van der Waals surface area contributed by atoms with Crippen LogP contribution in [0.15, 0.2) is 12.3 Å². The van der Waals surface area contributed by atoms with Crippen LogP contribution in [0.1, 0.15) is 58.3 Å². The van der Waals surface area contributed by atoms with Crippen molar-refractivity contribution in [1.82, 2.24) is 0 Å². The van der Waals surface area contributed by atoms with Crippen LogP contribution in [0.3, 0.4) is 0 Å². The average molecular weight is 324 g/mol. The molecule has 0 bridgehead atoms. The van der Waals surface area contributed by atoms with Crippen molar-refractivity contribution < 1.29 is 15.3 Å². The minimum absolute atomic E-state index is 0.0833. The first kappa shape index (κ1) is 20.3. The number of aliphatic hydroxyl groups excluding tert-OH is 2. The van der Waals surface area contributed by atoms with Gasteiger partial charge in [-0.1, -0.05) is 61.4 Å². The summed E-state index contributed by atoms with van der Waals surface area (Å²) in [7, 11) is 0. The molecule has 0 heterocycles. The van der Waals surface area contributed by atoms with Crippen molar-refractivity contribution in [1.29, 1.82) is 0 Å². The summed E-state index contributed by atoms with van der Waals surface area (Å²) in [5.74, 6) is -0.0833. The van der Waals surface area contributed by atoms with E-state index in [2.05, 4.69) is 22.5 Å². The number of rotatable bonds is 10. The van der Waals surface area contributed by atoms with Gasteiger partial charge in [-0.15, -0.1) is 12.3 Å². The molecule has 1 unspecified atom stereocenters. The second kappa shape index (κ2) is 16.9. The van der Waals surface area contributed by atoms with Crippen LogP contribution in [-0.2, 0) is 0 Å². The standard InChI is InChI=1S/C11H23BrO2.C3H6O/c12-9-7-5-3-1-2-4-6-8-11(14)10-13;1-3(2)4/h11,13-14H,1-10H2;4H,1H2,2H3/p-1. The van der Waals surface area contributed by atoms with Crippen molar-refractivity contribution in [2.45, 2.75) is 64.4 Å². The van der Waals surface area contributed by atoms with E-state index in [1.54, 1.807) is 0 Å². The number of unbranched alkanes of at least 4 members (excludes halogenated alkanes) is 6. The van der Waals surface area contributed by atoms with Crippen molar-refractivity contribution >= 4 is 15.9 Å². The molecule has 0 radical (unpaired) electrons. The van der Waals surface area contributed by atoms with Crippen LogP contribution in [0.5, 0.6) is 0 Å². The van der Waals surface area contributed by atoms with Crippen LogP contribution in [0.25, 0.3) is 0 Å². The van der Waals surface area contributed by atoms with Crippen molar-refractivity contribution in [2.75, 3.05) is 11.9 Å². The number of aliphatic hydroxyl groups is 2. The molecule has 110 valence electrons. The van der Waals surface area contributed by atoms with E-state index in [1.165, 1.54) is 45.4 Å². The normalized spacial score (nSPS) is 11.6. The van der Waals surface area contributed by atoms with E-state index in [4.69, 9.17) is 10.2 Å². The lowest BCUT2D eigenvalue weighted by molar-refractivity contribution is -0.300. The molecule has 0 fully saturated rings. The van der Waals surface area contributed by atoms with E-state index in [0.717, 1.165) is 18.2 Å². The molecule has 1 atom stereocenters. The molecule has 0 aromatic heterocycles. The molecule has 0 aliphatic carbocycles. The summed E-state index contributed by atoms with van der Waals surface area (Å²) in [4.78, 5) is 0. The van der Waals surface area contributed by atoms with Crippen LogP contribution < -0.4 is 5.11 Å². The Morgan fingerprint density at radius 2 is 1.50 bits per heavy atom. The molecule has 0 saturated carbocycles. The quantitative estimate of drug-likeness (QED) is 0.369. The fourth-order valence-corrected chi connectivity index (χ4v) is 1.85. The maximum absolute atomic E-state index is 9.33. The topological polar surface area (TPSA) is 63.5 Å². The second-order valence-electron chi connectivity index (χ2n) is 4.49. The Labute approximate surface area is 120 Å². The van der Waals surface area contributed by atoms with Crippen LogP contribution in [0, 0.1) is 0 Å². The Morgan fingerprint density at radius 1 is 1.11 bits per heavy atom. The highest BCUT2D eigenvalue weighted by molar-refractivity contribution is 9.09. The molecule has 0 aromatic rings. The molecule has 0 aliphatic heterocycles. The van der Waals surface area contributed by atoms with Crippen LogP contribution in [0.2, 0.25) is 0 Å². The molecule has 18 heavy (non-hydrogen) atoms. The Balaban J connectivity index is 0. The molecule has 0 amide bonds. The molecular formula is C14H28BrO3-. The number of hydrogen-bond donors (Lipinski definition) is 2. The Morgan fingerprint density at radius 3 is 1.89 bits per heavy atom. The van der Waals surface area contributed by atoms with E-state index in [-0.39, 0.29) is 12.4 Å². The van der Waals surface area contributed by atoms with Gasteiger partial charge in [0.2, 0.25) is 0 Å². The fraction of sp³-hybridized carbons (Fsp3) is 0.857. The van der Waals surface area contributed by atoms with E-state index in [9.17, 15) is 5.11 Å². The summed E-state index contributed by atoms with van der Waals surface area (Å²) in [6.45, 7) is 4.32. The van der Waals surface area contributed by atoms with Crippen molar-refractivity contribution in [2.24, 2.45) is 0 Å². The van der Waals surface area contributed by atoms with Gasteiger partial charge < -0.3 is 15.3 Å². The summed E-state index contributed by atoms with van der Waals surface area (Å²) in [5.41, 5.74) is 0. The van der Waals surface area contributed by atoms with Crippen LogP contribution in [-0.4, -0.2) is 28.3 Å². The summed E-state index contributed by atoms with van der Waals surface area (Å²) in [6.07, 6.45) is 8.98. The van der Waals surface area contributed by atoms with Gasteiger partial charge in [-0.05, 0) is 12.8 Å². The minimum atomic E-state index is -0.497. The zero-order valence-electron chi connectivity index (χ0n) is 11.5. The first-order chi connectivity index (χ1) is 8.54. The second-order valence-corrected chi connectivity index (χ2v) is 5.28. The Hall–Kier alpha value is -0.0600. The number of alkyl halides is 1. The number of hydrogen-bond acceptors (Lipinski definition) is 3. The molecule has 0 saturated heterocycles. The van der Waals surface area contributed by atoms with Gasteiger partial charge in [0.25, 0.3) is 0 Å². The Bertz CT molecular complexity index is 170. The molecule has 2 N–H and O–H groups in total. The van der Waals surface area contributed by atoms with E-state index < -0.39 is 6.10 Å². The van der Waals surface area contributed by atoms with Crippen molar-refractivity contribution in [3.05, 3.63) is 12.3 Å². The van der Waals surface area contributed by atoms with Gasteiger partial charge >= 0.3 is 0 Å². The fourth-order valence-electron chi connectivity index (χ4n) is 1.45. The predicted octanol–water partition coefficient (Wildman–Crippen LogP) is 2.74. The number of halogens is 1. The maximum Gasteiger partial charge on any atom is 0.0770 e. The minimum Gasteiger partial charge on any atom is -0.876 e. The third-order valence-corrected chi connectivity index (χ3v) is 2.94. The highest BCUT2D eigenvalue weighted by Gasteiger charge is 2.00. The summed E-state index contributed by atoms with van der Waals surface area (Å²) < 4.78 is 0. The highest BCUT2D eigenvalue weighted by atomic mass is 79.9. The molecule has 0 aromatic carbocycles. The summed E-state index contributed by atoms with van der Waals surface area (Å²) >= 11 is 3.42. The molecule has 3 nitrogen and oxygen atoms in total. The van der Waals surface area contributed by atoms with E-state index in [1.807, 2.05) is 0 Å². The van der Waals surface area contributed by atoms with Crippen molar-refractivity contribution in [3.8, 4) is 0 Å². The van der Waals surface area contributed by atoms with Crippen LogP contribution in [0.4, 0.5) is 0 Å². The van der Waals surface area contributed by atoms with Gasteiger partial charge in [-0.25, -0.2) is 0 Å². The number of allylic oxidation sites excluding steroid dienone is 1. The first-order valence-corrected chi connectivity index (χ1v) is 7.84. The zero-order chi connectivity index (χ0) is 14.2. The Kier molecular flexibility index (Phi) is 19.1. The largest absolute Gasteiger partial charge is 0.876 e. The van der Waals surface area contributed by atoms with Crippen molar-refractivity contribution in [3.63, 3.8) is 0 Å². The first-order valence-electron chi connectivity index (χ1n) is 6.72. The van der Waals surface area contributed by atoms with E-state index in [0.29, 0.717) is 0 Å². The highest BCUT2D eigenvalue weighted by Crippen LogP contribution is 2.10. The third kappa shape index (κ3) is 25.0. The average Bonchev–Trinajstić information content (AvgIpc) is 2.31. The smallest absolute Gasteiger partial charge is 0.0770 e. The zero-order valence-corrected chi connectivity index (χ0v) is 13.1. The SMILES string of the molecule is C=C(C)[O-].OCC(O)CCCCCCCCCBr. The lowest BCUT2D eigenvalue weighted by atomic mass is 10.1. The van der Waals surface area contributed by atoms with E-state index >= 15 is 0 Å². The monoisotopic (exact) mass is 323 g/mol. The van der Waals surface area contributed by atoms with Gasteiger partial charge in [0, 0.05) is 5.33 Å². The van der Waals surface area contributed by atoms with Gasteiger partial charge in [0.15, 0.2) is 0 Å². The predicted molar refractivity (Wildman–Crippen MR) is 78.6 cm³/mol. The lowest BCUT2D eigenvalue weighted by Gasteiger charge is -2.05. The van der Waals surface area contributed by atoms with Gasteiger partial charge in [0.1, 0.15) is 0 Å². The molecular weight excluding hydrogens is 296 g/mol. The molecule has 0 spiro atoms. The van der Waals surface area contributed by atoms with Crippen LogP contribution >= 0.6 is 15.9 Å². The molecule has 0 rings (SSSR count). The lowest BCUT2D eigenvalue weighted by Crippen LogP contribution is -2.10. The summed E-state index contributed by atoms with van der Waals surface area (Å²) in [6, 6.07) is 0. The van der Waals surface area contributed by atoms with Gasteiger partial charge in [-0.3, -0.25) is 0 Å².